The summed E-state index contributed by atoms with van der Waals surface area (Å²) in [4.78, 5) is 55.7. The van der Waals surface area contributed by atoms with Crippen LogP contribution in [0, 0.1) is 0 Å². The number of rotatable bonds is 19. The molecule has 1 aliphatic heterocycles. The Morgan fingerprint density at radius 3 is 1.93 bits per heavy atom. The molecule has 13 nitrogen and oxygen atoms in total. The zero-order valence-corrected chi connectivity index (χ0v) is 31.0. The number of nitrogens with one attached hydrogen (secondary N) is 1. The molecule has 6 aromatic carbocycles. The van der Waals surface area contributed by atoms with Gasteiger partial charge in [-0.2, -0.15) is 0 Å². The van der Waals surface area contributed by atoms with Crippen molar-refractivity contribution >= 4 is 66.6 Å². The molecule has 13 heteroatoms. The number of aromatic nitrogens is 2. The monoisotopic (exact) mass is 769 g/mol. The maximum absolute atomic E-state index is 13.3. The SMILES string of the molecule is O=C(CNc1ccc2nc3n(c(=O)c2c1)-c1ccccc1C3=O)OCCOCCOCCOCCOCCOC(=O)c1ccc2ccc3cccc4ccc1c2c34. The first-order valence-electron chi connectivity index (χ1n) is 18.7. The number of carbonyl (C=O) groups is 3. The first kappa shape index (κ1) is 37.7. The van der Waals surface area contributed by atoms with E-state index in [2.05, 4.69) is 34.6 Å². The summed E-state index contributed by atoms with van der Waals surface area (Å²) in [6.45, 7) is 2.74. The van der Waals surface area contributed by atoms with Crippen LogP contribution in [-0.4, -0.2) is 99.9 Å². The van der Waals surface area contributed by atoms with E-state index in [4.69, 9.17) is 28.4 Å². The van der Waals surface area contributed by atoms with E-state index in [-0.39, 0.29) is 56.1 Å². The Labute approximate surface area is 326 Å². The van der Waals surface area contributed by atoms with Crippen molar-refractivity contribution in [2.75, 3.05) is 77.9 Å². The van der Waals surface area contributed by atoms with Crippen molar-refractivity contribution in [1.29, 1.82) is 0 Å². The first-order chi connectivity index (χ1) is 28.0. The van der Waals surface area contributed by atoms with Gasteiger partial charge in [-0.25, -0.2) is 9.78 Å². The van der Waals surface area contributed by atoms with Gasteiger partial charge in [0.1, 0.15) is 19.8 Å². The second-order valence-electron chi connectivity index (χ2n) is 13.3. The average molecular weight is 770 g/mol. The number of ether oxygens (including phenoxy) is 6. The molecule has 0 bridgehead atoms. The highest BCUT2D eigenvalue weighted by atomic mass is 16.6. The van der Waals surface area contributed by atoms with Gasteiger partial charge in [-0.15, -0.1) is 0 Å². The summed E-state index contributed by atoms with van der Waals surface area (Å²) in [7, 11) is 0. The largest absolute Gasteiger partial charge is 0.462 e. The van der Waals surface area contributed by atoms with Crippen molar-refractivity contribution in [3.05, 3.63) is 124 Å². The zero-order chi connectivity index (χ0) is 39.1. The Balaban J connectivity index is 0.643. The van der Waals surface area contributed by atoms with Crippen LogP contribution in [0.1, 0.15) is 26.5 Å². The fourth-order valence-electron chi connectivity index (χ4n) is 7.04. The van der Waals surface area contributed by atoms with Crippen LogP contribution in [-0.2, 0) is 33.2 Å². The van der Waals surface area contributed by atoms with Crippen LogP contribution >= 0.6 is 0 Å². The van der Waals surface area contributed by atoms with E-state index in [1.54, 1.807) is 42.5 Å². The smallest absolute Gasteiger partial charge is 0.338 e. The van der Waals surface area contributed by atoms with E-state index in [1.807, 2.05) is 30.3 Å². The zero-order valence-electron chi connectivity index (χ0n) is 31.0. The van der Waals surface area contributed by atoms with Crippen LogP contribution in [0.15, 0.2) is 102 Å². The molecule has 0 radical (unpaired) electrons. The molecule has 0 aliphatic carbocycles. The average Bonchev–Trinajstić information content (AvgIpc) is 3.52. The normalized spacial score (nSPS) is 12.1. The lowest BCUT2D eigenvalue weighted by Crippen LogP contribution is -2.22. The predicted molar refractivity (Wildman–Crippen MR) is 214 cm³/mol. The number of fused-ring (bicyclic) bond motifs is 4. The fourth-order valence-corrected chi connectivity index (χ4v) is 7.04. The van der Waals surface area contributed by atoms with Gasteiger partial charge in [0.25, 0.3) is 5.56 Å². The minimum absolute atomic E-state index is 0.0748. The minimum atomic E-state index is -0.486. The van der Waals surface area contributed by atoms with E-state index in [9.17, 15) is 19.2 Å². The molecule has 8 rings (SSSR count). The van der Waals surface area contributed by atoms with Gasteiger partial charge >= 0.3 is 11.9 Å². The molecule has 0 spiro atoms. The van der Waals surface area contributed by atoms with Crippen molar-refractivity contribution in [3.8, 4) is 5.69 Å². The maximum Gasteiger partial charge on any atom is 0.338 e. The maximum atomic E-state index is 13.3. The number of esters is 2. The van der Waals surface area contributed by atoms with Gasteiger partial charge < -0.3 is 33.7 Å². The van der Waals surface area contributed by atoms with Gasteiger partial charge in [0.2, 0.25) is 5.78 Å². The second-order valence-corrected chi connectivity index (χ2v) is 13.3. The van der Waals surface area contributed by atoms with Crippen LogP contribution in [0.25, 0.3) is 48.9 Å². The topological polar surface area (TPSA) is 154 Å². The van der Waals surface area contributed by atoms with Crippen molar-refractivity contribution < 1.29 is 42.8 Å². The van der Waals surface area contributed by atoms with Gasteiger partial charge in [-0.1, -0.05) is 60.7 Å². The summed E-state index contributed by atoms with van der Waals surface area (Å²) >= 11 is 0. The predicted octanol–water partition coefficient (Wildman–Crippen LogP) is 5.71. The lowest BCUT2D eigenvalue weighted by Gasteiger charge is -2.13. The molecular weight excluding hydrogens is 730 g/mol. The fraction of sp³-hybridized carbons (Fsp3) is 0.250. The highest BCUT2D eigenvalue weighted by molar-refractivity contribution is 6.26. The number of hydrogen-bond donors (Lipinski definition) is 1. The Morgan fingerprint density at radius 1 is 0.596 bits per heavy atom. The highest BCUT2D eigenvalue weighted by Gasteiger charge is 2.30. The molecule has 290 valence electrons. The number of nitrogens with zero attached hydrogens (tertiary/aromatic N) is 2. The third kappa shape index (κ3) is 8.04. The molecule has 0 unspecified atom stereocenters. The van der Waals surface area contributed by atoms with E-state index < -0.39 is 5.97 Å². The van der Waals surface area contributed by atoms with Crippen LogP contribution in [0.5, 0.6) is 0 Å². The number of ketones is 1. The van der Waals surface area contributed by atoms with Crippen LogP contribution in [0.4, 0.5) is 5.69 Å². The number of benzene rings is 6. The van der Waals surface area contributed by atoms with Crippen LogP contribution in [0.3, 0.4) is 0 Å². The van der Waals surface area contributed by atoms with E-state index in [1.165, 1.54) is 4.57 Å². The van der Waals surface area contributed by atoms with Crippen molar-refractivity contribution in [2.45, 2.75) is 0 Å². The number of carbonyl (C=O) groups excluding carboxylic acids is 3. The van der Waals surface area contributed by atoms with Gasteiger partial charge in [-0.05, 0) is 68.7 Å². The minimum Gasteiger partial charge on any atom is -0.462 e. The van der Waals surface area contributed by atoms with Crippen molar-refractivity contribution in [1.82, 2.24) is 9.55 Å². The highest BCUT2D eigenvalue weighted by Crippen LogP contribution is 2.36. The molecule has 1 aromatic heterocycles. The molecule has 0 amide bonds. The van der Waals surface area contributed by atoms with E-state index >= 15 is 0 Å². The molecule has 0 atom stereocenters. The van der Waals surface area contributed by atoms with Gasteiger partial charge in [0.15, 0.2) is 5.82 Å². The van der Waals surface area contributed by atoms with Crippen LogP contribution < -0.4 is 10.9 Å². The lowest BCUT2D eigenvalue weighted by molar-refractivity contribution is -0.143. The first-order valence-corrected chi connectivity index (χ1v) is 18.7. The quantitative estimate of drug-likeness (QED) is 0.0610. The molecule has 1 N–H and O–H groups in total. The molecule has 1 aliphatic rings. The third-order valence-electron chi connectivity index (χ3n) is 9.71. The summed E-state index contributed by atoms with van der Waals surface area (Å²) < 4.78 is 34.1. The number of anilines is 1. The van der Waals surface area contributed by atoms with E-state index in [0.717, 1.165) is 32.3 Å². The Morgan fingerprint density at radius 2 is 1.21 bits per heavy atom. The molecular formula is C44H39N3O10. The summed E-state index contributed by atoms with van der Waals surface area (Å²) in [5.74, 6) is -1.07. The molecule has 0 saturated heterocycles. The van der Waals surface area contributed by atoms with Crippen molar-refractivity contribution in [2.24, 2.45) is 0 Å². The summed E-state index contributed by atoms with van der Waals surface area (Å²) in [5.41, 5.74) is 2.05. The summed E-state index contributed by atoms with van der Waals surface area (Å²) in [6.07, 6.45) is 0. The molecule has 0 saturated carbocycles. The standard InChI is InChI=1S/C44H39N3O10/c48-38(27-45-31-12-15-36-35(26-31)43(50)47-37-7-2-1-6-34(37)41(49)42(47)46-36)56-24-22-54-20-18-52-16-17-53-19-21-55-23-25-57-44(51)33-14-11-30-9-8-28-4-3-5-29-10-13-32(33)40(30)39(28)29/h1-15,26,45H,16-25,27H2. The molecule has 2 heterocycles. The summed E-state index contributed by atoms with van der Waals surface area (Å²) in [6, 6.07) is 30.0. The molecule has 7 aromatic rings. The van der Waals surface area contributed by atoms with Gasteiger partial charge in [0, 0.05) is 5.69 Å². The van der Waals surface area contributed by atoms with Gasteiger partial charge in [-0.3, -0.25) is 19.0 Å². The second kappa shape index (κ2) is 17.3. The number of hydrogen-bond acceptors (Lipinski definition) is 12. The Hall–Kier alpha value is -6.25. The van der Waals surface area contributed by atoms with Crippen molar-refractivity contribution in [3.63, 3.8) is 0 Å². The summed E-state index contributed by atoms with van der Waals surface area (Å²) in [5, 5.41) is 9.77. The molecule has 57 heavy (non-hydrogen) atoms. The molecule has 0 fully saturated rings. The lowest BCUT2D eigenvalue weighted by atomic mass is 9.92. The van der Waals surface area contributed by atoms with Gasteiger partial charge in [0.05, 0.1) is 80.6 Å². The van der Waals surface area contributed by atoms with Crippen LogP contribution in [0.2, 0.25) is 0 Å². The Kier molecular flexibility index (Phi) is 11.4. The third-order valence-corrected chi connectivity index (χ3v) is 9.71. The number of para-hydroxylation sites is 1. The Bertz CT molecular complexity index is 2640. The van der Waals surface area contributed by atoms with E-state index in [0.29, 0.717) is 73.0 Å².